The zero-order valence-corrected chi connectivity index (χ0v) is 6.64. The minimum atomic E-state index is 0.598. The average molecular weight is 171 g/mol. The number of aromatic nitrogens is 2. The minimum Gasteiger partial charge on any atom is -0.244 e. The van der Waals surface area contributed by atoms with Crippen molar-refractivity contribution in [2.24, 2.45) is 0 Å². The van der Waals surface area contributed by atoms with E-state index in [0.29, 0.717) is 11.3 Å². The molecule has 4 nitrogen and oxygen atoms in total. The second kappa shape index (κ2) is 3.07. The van der Waals surface area contributed by atoms with Crippen LogP contribution < -0.4 is 0 Å². The summed E-state index contributed by atoms with van der Waals surface area (Å²) in [6, 6.07) is 9.16. The van der Waals surface area contributed by atoms with Crippen molar-refractivity contribution >= 4 is 0 Å². The lowest BCUT2D eigenvalue weighted by Crippen LogP contribution is -1.78. The maximum absolute atomic E-state index is 8.65. The van der Waals surface area contributed by atoms with Crippen LogP contribution in [-0.2, 0) is 0 Å². The molecule has 0 N–H and O–H groups in total. The van der Waals surface area contributed by atoms with E-state index in [1.807, 2.05) is 6.07 Å². The van der Waals surface area contributed by atoms with Crippen molar-refractivity contribution < 1.29 is 4.63 Å². The van der Waals surface area contributed by atoms with Gasteiger partial charge in [0.1, 0.15) is 5.69 Å². The predicted octanol–water partition coefficient (Wildman–Crippen LogP) is 1.61. The first-order valence-electron chi connectivity index (χ1n) is 3.68. The number of hydrogen-bond donors (Lipinski definition) is 0. The fourth-order valence-corrected chi connectivity index (χ4v) is 1.04. The smallest absolute Gasteiger partial charge is 0.135 e. The number of rotatable bonds is 1. The Labute approximate surface area is 74.4 Å². The standard InChI is InChI=1S/C9H5N3O/c10-5-7-2-1-3-8(4-7)9-6-11-13-12-9/h1-4,6H. The van der Waals surface area contributed by atoms with Crippen molar-refractivity contribution in [3.8, 4) is 17.3 Å². The van der Waals surface area contributed by atoms with E-state index in [4.69, 9.17) is 5.26 Å². The largest absolute Gasteiger partial charge is 0.244 e. The summed E-state index contributed by atoms with van der Waals surface area (Å²) in [5.74, 6) is 0. The van der Waals surface area contributed by atoms with E-state index >= 15 is 0 Å². The average Bonchev–Trinajstić information content (AvgIpc) is 2.71. The van der Waals surface area contributed by atoms with Gasteiger partial charge < -0.3 is 0 Å². The molecule has 0 aliphatic heterocycles. The number of benzene rings is 1. The molecule has 1 heterocycles. The van der Waals surface area contributed by atoms with Gasteiger partial charge in [0.15, 0.2) is 0 Å². The summed E-state index contributed by atoms with van der Waals surface area (Å²) in [5.41, 5.74) is 2.07. The molecule has 62 valence electrons. The third-order valence-electron chi connectivity index (χ3n) is 1.65. The van der Waals surface area contributed by atoms with Gasteiger partial charge >= 0.3 is 0 Å². The van der Waals surface area contributed by atoms with Crippen molar-refractivity contribution in [2.45, 2.75) is 0 Å². The van der Waals surface area contributed by atoms with Crippen LogP contribution in [0, 0.1) is 11.3 Å². The van der Waals surface area contributed by atoms with Crippen molar-refractivity contribution in [1.82, 2.24) is 10.3 Å². The van der Waals surface area contributed by atoms with Gasteiger partial charge in [-0.2, -0.15) is 5.26 Å². The topological polar surface area (TPSA) is 62.7 Å². The first-order chi connectivity index (χ1) is 6.40. The second-order valence-corrected chi connectivity index (χ2v) is 2.49. The van der Waals surface area contributed by atoms with E-state index in [1.54, 1.807) is 18.2 Å². The summed E-state index contributed by atoms with van der Waals surface area (Å²) < 4.78 is 4.46. The van der Waals surface area contributed by atoms with Crippen LogP contribution >= 0.6 is 0 Å². The fourth-order valence-electron chi connectivity index (χ4n) is 1.04. The maximum atomic E-state index is 8.65. The third-order valence-corrected chi connectivity index (χ3v) is 1.65. The molecule has 1 aromatic carbocycles. The molecule has 0 spiro atoms. The van der Waals surface area contributed by atoms with E-state index in [2.05, 4.69) is 21.0 Å². The van der Waals surface area contributed by atoms with Crippen LogP contribution in [0.5, 0.6) is 0 Å². The van der Waals surface area contributed by atoms with Gasteiger partial charge in [0.2, 0.25) is 0 Å². The van der Waals surface area contributed by atoms with Gasteiger partial charge in [-0.3, -0.25) is 0 Å². The van der Waals surface area contributed by atoms with Crippen LogP contribution in [0.4, 0.5) is 0 Å². The van der Waals surface area contributed by atoms with Crippen LogP contribution in [0.2, 0.25) is 0 Å². The molecule has 4 heteroatoms. The molecule has 2 aromatic rings. The lowest BCUT2D eigenvalue weighted by molar-refractivity contribution is 0.308. The molecule has 0 bridgehead atoms. The maximum Gasteiger partial charge on any atom is 0.135 e. The van der Waals surface area contributed by atoms with Crippen LogP contribution in [-0.4, -0.2) is 10.3 Å². The first kappa shape index (κ1) is 7.50. The monoisotopic (exact) mass is 171 g/mol. The van der Waals surface area contributed by atoms with Gasteiger partial charge in [-0.15, -0.1) is 0 Å². The molecule has 0 aliphatic rings. The highest BCUT2D eigenvalue weighted by Crippen LogP contribution is 2.16. The Morgan fingerprint density at radius 3 is 3.00 bits per heavy atom. The minimum absolute atomic E-state index is 0.598. The van der Waals surface area contributed by atoms with Crippen LogP contribution in [0.3, 0.4) is 0 Å². The molecule has 2 rings (SSSR count). The molecule has 0 amide bonds. The molecular formula is C9H5N3O. The van der Waals surface area contributed by atoms with E-state index in [0.717, 1.165) is 5.56 Å². The van der Waals surface area contributed by atoms with Gasteiger partial charge in [-0.1, -0.05) is 17.3 Å². The van der Waals surface area contributed by atoms with Crippen LogP contribution in [0.15, 0.2) is 35.1 Å². The molecule has 0 radical (unpaired) electrons. The third kappa shape index (κ3) is 1.40. The Morgan fingerprint density at radius 2 is 2.31 bits per heavy atom. The second-order valence-electron chi connectivity index (χ2n) is 2.49. The fraction of sp³-hybridized carbons (Fsp3) is 0. The molecule has 0 aliphatic carbocycles. The first-order valence-corrected chi connectivity index (χ1v) is 3.68. The zero-order valence-electron chi connectivity index (χ0n) is 6.64. The molecule has 0 unspecified atom stereocenters. The van der Waals surface area contributed by atoms with E-state index in [9.17, 15) is 0 Å². The number of hydrogen-bond acceptors (Lipinski definition) is 4. The molecule has 0 saturated carbocycles. The Kier molecular flexibility index (Phi) is 1.77. The van der Waals surface area contributed by atoms with Crippen LogP contribution in [0.1, 0.15) is 5.56 Å². The van der Waals surface area contributed by atoms with Gasteiger partial charge in [-0.25, -0.2) is 4.63 Å². The predicted molar refractivity (Wildman–Crippen MR) is 44.4 cm³/mol. The van der Waals surface area contributed by atoms with Crippen LogP contribution in [0.25, 0.3) is 11.3 Å². The van der Waals surface area contributed by atoms with Crippen molar-refractivity contribution in [1.29, 1.82) is 5.26 Å². The summed E-state index contributed by atoms with van der Waals surface area (Å²) >= 11 is 0. The SMILES string of the molecule is N#Cc1cccc(-c2cnon2)c1. The lowest BCUT2D eigenvalue weighted by atomic mass is 10.1. The summed E-state index contributed by atoms with van der Waals surface area (Å²) in [6.07, 6.45) is 1.51. The van der Waals surface area contributed by atoms with E-state index in [-0.39, 0.29) is 0 Å². The van der Waals surface area contributed by atoms with Gasteiger partial charge in [0.05, 0.1) is 17.8 Å². The van der Waals surface area contributed by atoms with E-state index in [1.165, 1.54) is 6.20 Å². The molecule has 0 atom stereocenters. The summed E-state index contributed by atoms with van der Waals surface area (Å²) in [7, 11) is 0. The zero-order chi connectivity index (χ0) is 9.10. The summed E-state index contributed by atoms with van der Waals surface area (Å²) in [4.78, 5) is 0. The Balaban J connectivity index is 2.49. The van der Waals surface area contributed by atoms with Crippen molar-refractivity contribution in [3.63, 3.8) is 0 Å². The quantitative estimate of drug-likeness (QED) is 0.653. The number of nitriles is 1. The summed E-state index contributed by atoms with van der Waals surface area (Å²) in [5, 5.41) is 15.8. The highest BCUT2D eigenvalue weighted by atomic mass is 16.6. The van der Waals surface area contributed by atoms with Gasteiger partial charge in [-0.05, 0) is 17.3 Å². The highest BCUT2D eigenvalue weighted by molar-refractivity contribution is 5.59. The Bertz CT molecular complexity index is 442. The lowest BCUT2D eigenvalue weighted by Gasteiger charge is -1.93. The van der Waals surface area contributed by atoms with Gasteiger partial charge in [0.25, 0.3) is 0 Å². The van der Waals surface area contributed by atoms with E-state index < -0.39 is 0 Å². The molecule has 0 saturated heterocycles. The molecule has 0 fully saturated rings. The normalized spacial score (nSPS) is 9.46. The Hall–Kier alpha value is -2.15. The van der Waals surface area contributed by atoms with Gasteiger partial charge in [0, 0.05) is 5.56 Å². The van der Waals surface area contributed by atoms with Crippen molar-refractivity contribution in [2.75, 3.05) is 0 Å². The van der Waals surface area contributed by atoms with Crippen molar-refractivity contribution in [3.05, 3.63) is 36.0 Å². The Morgan fingerprint density at radius 1 is 1.38 bits per heavy atom. The molecule has 1 aromatic heterocycles. The number of nitrogens with zero attached hydrogens (tertiary/aromatic N) is 3. The highest BCUT2D eigenvalue weighted by Gasteiger charge is 2.01. The summed E-state index contributed by atoms with van der Waals surface area (Å²) in [6.45, 7) is 0. The molecular weight excluding hydrogens is 166 g/mol. The molecule has 13 heavy (non-hydrogen) atoms.